The lowest BCUT2D eigenvalue weighted by molar-refractivity contribution is 0.330. The zero-order chi connectivity index (χ0) is 48.8. The molecule has 1 aliphatic carbocycles. The van der Waals surface area contributed by atoms with Gasteiger partial charge in [0.15, 0.2) is 0 Å². The Morgan fingerprint density at radius 1 is 0.420 bits per heavy atom. The summed E-state index contributed by atoms with van der Waals surface area (Å²) in [7, 11) is 0. The number of para-hydroxylation sites is 1. The summed E-state index contributed by atoms with van der Waals surface area (Å²) < 4.78 is 0. The highest BCUT2D eigenvalue weighted by Gasteiger charge is 2.60. The zero-order valence-corrected chi connectivity index (χ0v) is 43.9. The van der Waals surface area contributed by atoms with Crippen LogP contribution in [0.4, 0.5) is 45.5 Å². The smallest absolute Gasteiger partial charge is 0.252 e. The molecule has 1 saturated carbocycles. The van der Waals surface area contributed by atoms with Crippen LogP contribution >= 0.6 is 0 Å². The van der Waals surface area contributed by atoms with Crippen LogP contribution in [0.2, 0.25) is 0 Å². The molecule has 0 radical (unpaired) electrons. The molecule has 2 unspecified atom stereocenters. The summed E-state index contributed by atoms with van der Waals surface area (Å²) in [6.07, 6.45) is 3.51. The van der Waals surface area contributed by atoms with Gasteiger partial charge in [-0.1, -0.05) is 187 Å². The van der Waals surface area contributed by atoms with Gasteiger partial charge in [0, 0.05) is 50.8 Å². The molecule has 2 atom stereocenters. The number of nitrogens with zero attached hydrogens (tertiary/aromatic N) is 3. The maximum Gasteiger partial charge on any atom is 0.252 e. The molecule has 0 aromatic heterocycles. The molecule has 0 amide bonds. The molecule has 0 spiro atoms. The molecule has 7 aromatic rings. The van der Waals surface area contributed by atoms with Gasteiger partial charge in [0.2, 0.25) is 0 Å². The van der Waals surface area contributed by atoms with Crippen molar-refractivity contribution in [1.82, 2.24) is 0 Å². The zero-order valence-electron chi connectivity index (χ0n) is 43.9. The van der Waals surface area contributed by atoms with E-state index in [1.165, 1.54) is 114 Å². The van der Waals surface area contributed by atoms with Crippen LogP contribution in [0.1, 0.15) is 144 Å². The fourth-order valence-corrected chi connectivity index (χ4v) is 12.7. The van der Waals surface area contributed by atoms with Crippen LogP contribution in [-0.2, 0) is 27.1 Å². The van der Waals surface area contributed by atoms with Crippen molar-refractivity contribution in [3.63, 3.8) is 0 Å². The number of anilines is 8. The maximum absolute atomic E-state index is 2.80. The summed E-state index contributed by atoms with van der Waals surface area (Å²) in [6, 6.07) is 57.1. The molecular formula is C65H72BN3. The minimum absolute atomic E-state index is 0.0102. The number of fused-ring (bicyclic) bond motifs is 7. The molecule has 69 heavy (non-hydrogen) atoms. The van der Waals surface area contributed by atoms with Gasteiger partial charge < -0.3 is 14.7 Å². The van der Waals surface area contributed by atoms with Gasteiger partial charge in [-0.3, -0.25) is 0 Å². The quantitative estimate of drug-likeness (QED) is 0.163. The third-order valence-electron chi connectivity index (χ3n) is 17.0. The van der Waals surface area contributed by atoms with E-state index in [1.807, 2.05) is 0 Å². The van der Waals surface area contributed by atoms with Crippen LogP contribution in [0.25, 0.3) is 11.1 Å². The van der Waals surface area contributed by atoms with Crippen LogP contribution < -0.4 is 31.1 Å². The molecule has 4 aliphatic rings. The Bertz CT molecular complexity index is 3190. The van der Waals surface area contributed by atoms with Crippen molar-refractivity contribution < 1.29 is 0 Å². The molecule has 4 heteroatoms. The summed E-state index contributed by atoms with van der Waals surface area (Å²) in [5.41, 5.74) is 23.3. The molecule has 3 nitrogen and oxygen atoms in total. The van der Waals surface area contributed by atoms with Gasteiger partial charge in [-0.25, -0.2) is 0 Å². The van der Waals surface area contributed by atoms with Crippen molar-refractivity contribution >= 4 is 68.6 Å². The molecule has 350 valence electrons. The Balaban J connectivity index is 1.28. The Kier molecular flexibility index (Phi) is 10.0. The van der Waals surface area contributed by atoms with Crippen molar-refractivity contribution in [2.24, 2.45) is 0 Å². The summed E-state index contributed by atoms with van der Waals surface area (Å²) in [5, 5.41) is 0. The van der Waals surface area contributed by atoms with Crippen molar-refractivity contribution in [3.05, 3.63) is 173 Å². The standard InChI is InChI=1S/C65H72BN3/c1-60(2,3)43-24-20-25-47(36-43)67-56-39-46(63(10,11)12)28-31-52(56)66-51-26-18-19-27-55(51)68(53-32-29-44(61(4,5)6)37-49(53)42-22-16-15-17-23-42)58-41-48(40-57(67)59(58)66)69-54-33-30-45(62(7,8)9)38-50(54)64(13)34-21-35-65(64,69)14/h15-20,22-33,36-41H,21,34-35H2,1-14H3. The second-order valence-electron chi connectivity index (χ2n) is 25.5. The topological polar surface area (TPSA) is 9.72 Å². The fraction of sp³-hybridized carbons (Fsp3) is 0.354. The second kappa shape index (κ2) is 15.3. The Hall–Kier alpha value is -6.00. The molecule has 0 N–H and O–H groups in total. The van der Waals surface area contributed by atoms with E-state index in [1.54, 1.807) is 0 Å². The molecule has 7 aromatic carbocycles. The monoisotopic (exact) mass is 906 g/mol. The minimum atomic E-state index is -0.129. The third kappa shape index (κ3) is 6.97. The van der Waals surface area contributed by atoms with Crippen LogP contribution in [0.3, 0.4) is 0 Å². The first-order chi connectivity index (χ1) is 32.5. The first-order valence-electron chi connectivity index (χ1n) is 25.8. The van der Waals surface area contributed by atoms with E-state index in [2.05, 4.69) is 257 Å². The van der Waals surface area contributed by atoms with Gasteiger partial charge in [-0.2, -0.15) is 0 Å². The lowest BCUT2D eigenvalue weighted by atomic mass is 9.33. The van der Waals surface area contributed by atoms with E-state index in [9.17, 15) is 0 Å². The van der Waals surface area contributed by atoms with E-state index < -0.39 is 0 Å². The van der Waals surface area contributed by atoms with Crippen molar-refractivity contribution in [3.8, 4) is 11.1 Å². The predicted octanol–water partition coefficient (Wildman–Crippen LogP) is 16.0. The molecule has 11 rings (SSSR count). The van der Waals surface area contributed by atoms with Crippen molar-refractivity contribution in [2.45, 2.75) is 149 Å². The normalized spacial score (nSPS) is 19.6. The van der Waals surface area contributed by atoms with Crippen molar-refractivity contribution in [1.29, 1.82) is 0 Å². The third-order valence-corrected chi connectivity index (χ3v) is 17.0. The van der Waals surface area contributed by atoms with Gasteiger partial charge in [-0.05, 0) is 146 Å². The average molecular weight is 906 g/mol. The largest absolute Gasteiger partial charge is 0.334 e. The molecular weight excluding hydrogens is 834 g/mol. The van der Waals surface area contributed by atoms with Gasteiger partial charge in [0.25, 0.3) is 6.71 Å². The average Bonchev–Trinajstić information content (AvgIpc) is 3.70. The van der Waals surface area contributed by atoms with Crippen LogP contribution in [0.15, 0.2) is 146 Å². The Labute approximate surface area is 414 Å². The highest BCUT2D eigenvalue weighted by atomic mass is 15.3. The predicted molar refractivity (Wildman–Crippen MR) is 299 cm³/mol. The van der Waals surface area contributed by atoms with Crippen LogP contribution in [-0.4, -0.2) is 12.3 Å². The Morgan fingerprint density at radius 3 is 1.67 bits per heavy atom. The number of rotatable bonds is 4. The molecule has 3 heterocycles. The SMILES string of the molecule is CC(C)(C)c1cccc(N2c3cc(C(C)(C)C)ccc3B3c4ccccc4N(c4ccc(C(C)(C)C)cc4-c4ccccc4)c4cc(N5c6ccc(C(C)(C)C)cc6C6(C)CCCC56C)cc2c43)c1. The molecule has 0 saturated heterocycles. The van der Waals surface area contributed by atoms with E-state index >= 15 is 0 Å². The van der Waals surface area contributed by atoms with E-state index in [0.29, 0.717) is 0 Å². The van der Waals surface area contributed by atoms with Crippen LogP contribution in [0.5, 0.6) is 0 Å². The fourth-order valence-electron chi connectivity index (χ4n) is 12.7. The molecule has 1 fully saturated rings. The first-order valence-corrected chi connectivity index (χ1v) is 25.8. The Morgan fingerprint density at radius 2 is 0.986 bits per heavy atom. The number of benzene rings is 7. The molecule has 0 bridgehead atoms. The molecule has 3 aliphatic heterocycles. The summed E-state index contributed by atoms with van der Waals surface area (Å²) >= 11 is 0. The lowest BCUT2D eigenvalue weighted by Gasteiger charge is -2.47. The summed E-state index contributed by atoms with van der Waals surface area (Å²) in [6.45, 7) is 33.3. The number of hydrogen-bond donors (Lipinski definition) is 0. The van der Waals surface area contributed by atoms with Gasteiger partial charge in [0.05, 0.1) is 11.2 Å². The number of hydrogen-bond acceptors (Lipinski definition) is 3. The maximum atomic E-state index is 2.80. The summed E-state index contributed by atoms with van der Waals surface area (Å²) in [5.74, 6) is 0. The van der Waals surface area contributed by atoms with Crippen LogP contribution in [0, 0.1) is 0 Å². The van der Waals surface area contributed by atoms with Gasteiger partial charge in [0.1, 0.15) is 0 Å². The van der Waals surface area contributed by atoms with E-state index in [4.69, 9.17) is 0 Å². The van der Waals surface area contributed by atoms with Gasteiger partial charge >= 0.3 is 0 Å². The van der Waals surface area contributed by atoms with Crippen molar-refractivity contribution in [2.75, 3.05) is 14.7 Å². The van der Waals surface area contributed by atoms with E-state index in [0.717, 1.165) is 6.42 Å². The first kappa shape index (κ1) is 45.4. The second-order valence-corrected chi connectivity index (χ2v) is 25.5. The van der Waals surface area contributed by atoms with Gasteiger partial charge in [-0.15, -0.1) is 0 Å². The highest BCUT2D eigenvalue weighted by molar-refractivity contribution is 7.00. The minimum Gasteiger partial charge on any atom is -0.334 e. The lowest BCUT2D eigenvalue weighted by Crippen LogP contribution is -2.61. The van der Waals surface area contributed by atoms with E-state index in [-0.39, 0.29) is 39.3 Å². The highest BCUT2D eigenvalue weighted by Crippen LogP contribution is 2.63. The summed E-state index contributed by atoms with van der Waals surface area (Å²) in [4.78, 5) is 8.11.